The van der Waals surface area contributed by atoms with Gasteiger partial charge in [-0.15, -0.1) is 0 Å². The highest BCUT2D eigenvalue weighted by Gasteiger charge is 2.19. The van der Waals surface area contributed by atoms with Gasteiger partial charge in [0.15, 0.2) is 0 Å². The number of rotatable bonds is 4. The third kappa shape index (κ3) is 2.27. The second-order valence-corrected chi connectivity index (χ2v) is 3.46. The molecule has 0 aliphatic rings. The number of aromatic nitrogens is 2. The molecule has 0 bridgehead atoms. The molecule has 0 fully saturated rings. The van der Waals surface area contributed by atoms with Gasteiger partial charge in [0.25, 0.3) is 0 Å². The summed E-state index contributed by atoms with van der Waals surface area (Å²) in [6.07, 6.45) is 3.27. The van der Waals surface area contributed by atoms with Crippen LogP contribution in [0, 0.1) is 5.82 Å². The number of hydrogen-bond donors (Lipinski definition) is 3. The molecule has 5 nitrogen and oxygen atoms in total. The number of benzene rings is 1. The topological polar surface area (TPSA) is 76.0 Å². The van der Waals surface area contributed by atoms with Crippen molar-refractivity contribution in [3.8, 4) is 5.75 Å². The normalized spacial score (nSPS) is 12.4. The highest BCUT2D eigenvalue weighted by Crippen LogP contribution is 2.28. The number of hydrogen-bond acceptors (Lipinski definition) is 4. The fourth-order valence-corrected chi connectivity index (χ4v) is 1.68. The van der Waals surface area contributed by atoms with Crippen LogP contribution in [0.2, 0.25) is 0 Å². The molecule has 0 amide bonds. The number of nitrogens with one attached hydrogen (secondary N) is 2. The predicted molar refractivity (Wildman–Crippen MR) is 60.7 cm³/mol. The van der Waals surface area contributed by atoms with Gasteiger partial charge in [-0.3, -0.25) is 5.84 Å². The summed E-state index contributed by atoms with van der Waals surface area (Å²) < 4.78 is 18.4. The van der Waals surface area contributed by atoms with Crippen LogP contribution < -0.4 is 16.0 Å². The van der Waals surface area contributed by atoms with E-state index in [1.54, 1.807) is 18.5 Å². The second-order valence-electron chi connectivity index (χ2n) is 3.46. The minimum Gasteiger partial charge on any atom is -0.496 e. The summed E-state index contributed by atoms with van der Waals surface area (Å²) in [5.41, 5.74) is 3.17. The molecule has 0 aliphatic heterocycles. The van der Waals surface area contributed by atoms with Crippen molar-refractivity contribution in [3.05, 3.63) is 47.8 Å². The fraction of sp³-hybridized carbons (Fsp3) is 0.182. The van der Waals surface area contributed by atoms with E-state index in [0.717, 1.165) is 0 Å². The Kier molecular flexibility index (Phi) is 3.36. The number of hydrazine groups is 1. The summed E-state index contributed by atoms with van der Waals surface area (Å²) in [4.78, 5) is 7.02. The molecule has 0 saturated heterocycles. The van der Waals surface area contributed by atoms with Crippen molar-refractivity contribution in [1.82, 2.24) is 15.4 Å². The van der Waals surface area contributed by atoms with Gasteiger partial charge >= 0.3 is 0 Å². The minimum absolute atomic E-state index is 0.354. The Hall–Kier alpha value is -1.92. The molecule has 1 heterocycles. The number of aromatic amines is 1. The first-order valence-electron chi connectivity index (χ1n) is 5.05. The molecule has 90 valence electrons. The smallest absolute Gasteiger partial charge is 0.129 e. The zero-order valence-corrected chi connectivity index (χ0v) is 9.27. The molecule has 4 N–H and O–H groups in total. The van der Waals surface area contributed by atoms with Crippen LogP contribution >= 0.6 is 0 Å². The molecule has 1 atom stereocenters. The first-order valence-corrected chi connectivity index (χ1v) is 5.05. The van der Waals surface area contributed by atoms with Gasteiger partial charge in [-0.25, -0.2) is 14.8 Å². The SMILES string of the molecule is COc1ccc(F)cc1C(NN)c1ncc[nH]1. The summed E-state index contributed by atoms with van der Waals surface area (Å²) in [6, 6.07) is 3.80. The number of nitrogens with zero attached hydrogens (tertiary/aromatic N) is 1. The lowest BCUT2D eigenvalue weighted by Crippen LogP contribution is -2.30. The molecule has 1 aromatic heterocycles. The van der Waals surface area contributed by atoms with E-state index >= 15 is 0 Å². The lowest BCUT2D eigenvalue weighted by atomic mass is 10.1. The van der Waals surface area contributed by atoms with Crippen molar-refractivity contribution >= 4 is 0 Å². The van der Waals surface area contributed by atoms with E-state index in [-0.39, 0.29) is 5.82 Å². The molecule has 1 aromatic carbocycles. The second kappa shape index (κ2) is 4.94. The summed E-state index contributed by atoms with van der Waals surface area (Å²) >= 11 is 0. The first-order chi connectivity index (χ1) is 8.26. The lowest BCUT2D eigenvalue weighted by Gasteiger charge is -2.17. The van der Waals surface area contributed by atoms with E-state index < -0.39 is 6.04 Å². The van der Waals surface area contributed by atoms with Crippen LogP contribution in [0.4, 0.5) is 4.39 Å². The molecule has 0 aliphatic carbocycles. The Bertz CT molecular complexity index is 486. The van der Waals surface area contributed by atoms with Crippen molar-refractivity contribution in [1.29, 1.82) is 0 Å². The van der Waals surface area contributed by atoms with Crippen LogP contribution in [0.25, 0.3) is 0 Å². The van der Waals surface area contributed by atoms with Crippen molar-refractivity contribution in [2.75, 3.05) is 7.11 Å². The minimum atomic E-state index is -0.448. The van der Waals surface area contributed by atoms with Crippen molar-refractivity contribution in [3.63, 3.8) is 0 Å². The molecule has 17 heavy (non-hydrogen) atoms. The van der Waals surface area contributed by atoms with E-state index in [2.05, 4.69) is 15.4 Å². The summed E-state index contributed by atoms with van der Waals surface area (Å²) in [5.74, 6) is 6.27. The predicted octanol–water partition coefficient (Wildman–Crippen LogP) is 1.11. The first kappa shape index (κ1) is 11.6. The molecule has 1 unspecified atom stereocenters. The zero-order chi connectivity index (χ0) is 12.3. The van der Waals surface area contributed by atoms with Gasteiger partial charge in [0.05, 0.1) is 7.11 Å². The van der Waals surface area contributed by atoms with E-state index in [1.807, 2.05) is 0 Å². The largest absolute Gasteiger partial charge is 0.496 e. The van der Waals surface area contributed by atoms with Gasteiger partial charge in [0.2, 0.25) is 0 Å². The Labute approximate surface area is 97.8 Å². The summed E-state index contributed by atoms with van der Waals surface area (Å²) in [5, 5.41) is 0. The molecule has 0 saturated carbocycles. The summed E-state index contributed by atoms with van der Waals surface area (Å²) in [6.45, 7) is 0. The average molecular weight is 236 g/mol. The fourth-order valence-electron chi connectivity index (χ4n) is 1.68. The molecule has 0 spiro atoms. The van der Waals surface area contributed by atoms with Crippen LogP contribution in [0.3, 0.4) is 0 Å². The number of H-pyrrole nitrogens is 1. The molecular weight excluding hydrogens is 223 g/mol. The molecule has 6 heteroatoms. The summed E-state index contributed by atoms with van der Waals surface area (Å²) in [7, 11) is 1.52. The van der Waals surface area contributed by atoms with Crippen molar-refractivity contribution in [2.45, 2.75) is 6.04 Å². The molecule has 0 radical (unpaired) electrons. The monoisotopic (exact) mass is 236 g/mol. The van der Waals surface area contributed by atoms with Crippen LogP contribution in [0.1, 0.15) is 17.4 Å². The number of nitrogens with two attached hydrogens (primary N) is 1. The zero-order valence-electron chi connectivity index (χ0n) is 9.27. The molecule has 2 aromatic rings. The van der Waals surface area contributed by atoms with Crippen molar-refractivity contribution < 1.29 is 9.13 Å². The Balaban J connectivity index is 2.46. The van der Waals surface area contributed by atoms with E-state index in [9.17, 15) is 4.39 Å². The van der Waals surface area contributed by atoms with E-state index in [4.69, 9.17) is 10.6 Å². The maximum absolute atomic E-state index is 13.3. The van der Waals surface area contributed by atoms with Crippen LogP contribution in [0.5, 0.6) is 5.75 Å². The van der Waals surface area contributed by atoms with Crippen LogP contribution in [-0.2, 0) is 0 Å². The quantitative estimate of drug-likeness (QED) is 0.549. The Morgan fingerprint density at radius 2 is 2.35 bits per heavy atom. The van der Waals surface area contributed by atoms with Gasteiger partial charge in [-0.1, -0.05) is 0 Å². The maximum Gasteiger partial charge on any atom is 0.129 e. The number of ether oxygens (including phenoxy) is 1. The number of halogens is 1. The third-order valence-electron chi connectivity index (χ3n) is 2.46. The Morgan fingerprint density at radius 3 is 2.94 bits per heavy atom. The Morgan fingerprint density at radius 1 is 1.53 bits per heavy atom. The number of methoxy groups -OCH3 is 1. The highest BCUT2D eigenvalue weighted by molar-refractivity contribution is 5.39. The van der Waals surface area contributed by atoms with Crippen LogP contribution in [0.15, 0.2) is 30.6 Å². The van der Waals surface area contributed by atoms with E-state index in [1.165, 1.54) is 19.2 Å². The van der Waals surface area contributed by atoms with Crippen LogP contribution in [-0.4, -0.2) is 17.1 Å². The third-order valence-corrected chi connectivity index (χ3v) is 2.46. The average Bonchev–Trinajstić information content (AvgIpc) is 2.84. The molecular formula is C11H13FN4O. The lowest BCUT2D eigenvalue weighted by molar-refractivity contribution is 0.401. The van der Waals surface area contributed by atoms with Gasteiger partial charge in [0, 0.05) is 18.0 Å². The maximum atomic E-state index is 13.3. The molecule has 2 rings (SSSR count). The van der Waals surface area contributed by atoms with Gasteiger partial charge in [-0.2, -0.15) is 0 Å². The number of imidazole rings is 1. The van der Waals surface area contributed by atoms with Gasteiger partial charge < -0.3 is 9.72 Å². The highest BCUT2D eigenvalue weighted by atomic mass is 19.1. The van der Waals surface area contributed by atoms with E-state index in [0.29, 0.717) is 17.1 Å². The van der Waals surface area contributed by atoms with Gasteiger partial charge in [-0.05, 0) is 18.2 Å². The standard InChI is InChI=1S/C11H13FN4O/c1-17-9-3-2-7(12)6-8(9)10(16-13)11-14-4-5-15-11/h2-6,10,16H,13H2,1H3,(H,14,15). The van der Waals surface area contributed by atoms with Gasteiger partial charge in [0.1, 0.15) is 23.4 Å². The van der Waals surface area contributed by atoms with Crippen molar-refractivity contribution in [2.24, 2.45) is 5.84 Å².